The topological polar surface area (TPSA) is 120 Å². The largest absolute Gasteiger partial charge is 0.417 e. The highest BCUT2D eigenvalue weighted by atomic mass is 35.5. The lowest BCUT2D eigenvalue weighted by Crippen LogP contribution is -2.18. The summed E-state index contributed by atoms with van der Waals surface area (Å²) < 4.78 is 87.9. The van der Waals surface area contributed by atoms with Crippen LogP contribution in [0.15, 0.2) is 46.2 Å². The molecule has 26 heavy (non-hydrogen) atoms. The van der Waals surface area contributed by atoms with Gasteiger partial charge in [-0.05, 0) is 23.8 Å². The quantitative estimate of drug-likeness (QED) is 0.725. The second-order valence-electron chi connectivity index (χ2n) is 5.28. The van der Waals surface area contributed by atoms with Gasteiger partial charge in [0.2, 0.25) is 10.0 Å². The zero-order valence-electron chi connectivity index (χ0n) is 12.8. The number of anilines is 1. The molecule has 2 rings (SSSR count). The molecule has 0 heterocycles. The summed E-state index contributed by atoms with van der Waals surface area (Å²) in [5.41, 5.74) is 3.14. The van der Waals surface area contributed by atoms with Crippen LogP contribution in [0.1, 0.15) is 11.1 Å². The molecule has 0 amide bonds. The number of sulfonamides is 1. The molecular weight excluding hydrogens is 417 g/mol. The molecule has 4 N–H and O–H groups in total. The molecule has 0 aliphatic carbocycles. The Morgan fingerprint density at radius 2 is 1.58 bits per heavy atom. The Morgan fingerprint density at radius 1 is 1.00 bits per heavy atom. The van der Waals surface area contributed by atoms with E-state index in [1.807, 2.05) is 0 Å². The summed E-state index contributed by atoms with van der Waals surface area (Å²) in [6.07, 6.45) is -5.01. The van der Waals surface area contributed by atoms with E-state index >= 15 is 0 Å². The number of hydrogen-bond acceptors (Lipinski definition) is 5. The van der Waals surface area contributed by atoms with Gasteiger partial charge in [-0.15, -0.1) is 0 Å². The van der Waals surface area contributed by atoms with Crippen LogP contribution in [0.3, 0.4) is 0 Å². The van der Waals surface area contributed by atoms with Gasteiger partial charge in [0.1, 0.15) is 0 Å². The van der Waals surface area contributed by atoms with Gasteiger partial charge in [-0.3, -0.25) is 0 Å². The summed E-state index contributed by atoms with van der Waals surface area (Å²) in [7, 11) is -8.90. The van der Waals surface area contributed by atoms with Gasteiger partial charge >= 0.3 is 6.18 Å². The molecule has 0 fully saturated rings. The molecule has 0 saturated carbocycles. The van der Waals surface area contributed by atoms with Crippen molar-refractivity contribution >= 4 is 37.1 Å². The van der Waals surface area contributed by atoms with Crippen molar-refractivity contribution < 1.29 is 30.0 Å². The van der Waals surface area contributed by atoms with Gasteiger partial charge in [0, 0.05) is 0 Å². The summed E-state index contributed by atoms with van der Waals surface area (Å²) in [6, 6.07) is 5.84. The SMILES string of the molecule is Nc1cc(C(F)(F)F)c(S(=O)(=O)Cc2ccccc2S(N)(=O)=O)cc1Cl. The van der Waals surface area contributed by atoms with Gasteiger partial charge in [0.05, 0.1) is 31.8 Å². The molecule has 2 aromatic rings. The Kier molecular flexibility index (Phi) is 5.30. The number of primary sulfonamides is 1. The maximum absolute atomic E-state index is 13.2. The average Bonchev–Trinajstić information content (AvgIpc) is 2.47. The van der Waals surface area contributed by atoms with Crippen LogP contribution in [-0.2, 0) is 31.8 Å². The highest BCUT2D eigenvalue weighted by Gasteiger charge is 2.38. The van der Waals surface area contributed by atoms with Crippen LogP contribution in [0, 0.1) is 0 Å². The first-order valence-corrected chi connectivity index (χ1v) is 10.3. The molecule has 0 aliphatic rings. The van der Waals surface area contributed by atoms with Crippen molar-refractivity contribution in [1.82, 2.24) is 0 Å². The zero-order valence-corrected chi connectivity index (χ0v) is 15.2. The van der Waals surface area contributed by atoms with Gasteiger partial charge < -0.3 is 5.73 Å². The fourth-order valence-corrected chi connectivity index (χ4v) is 4.95. The fourth-order valence-electron chi connectivity index (χ4n) is 2.23. The minimum atomic E-state index is -5.01. The molecule has 2 aromatic carbocycles. The van der Waals surface area contributed by atoms with Gasteiger partial charge in [0.15, 0.2) is 9.84 Å². The predicted octanol–water partition coefficient (Wildman–Crippen LogP) is 2.56. The smallest absolute Gasteiger partial charge is 0.398 e. The molecule has 0 saturated heterocycles. The van der Waals surface area contributed by atoms with Crippen LogP contribution in [-0.4, -0.2) is 16.8 Å². The molecule has 0 atom stereocenters. The third kappa shape index (κ3) is 4.29. The standard InChI is InChI=1S/C14H12ClF3N2O4S2/c15-10-6-13(9(5-11(10)19)14(16,17)18)25(21,22)7-8-3-1-2-4-12(8)26(20,23)24/h1-6H,7,19H2,(H2,20,23,24). The van der Waals surface area contributed by atoms with Crippen molar-refractivity contribution in [3.63, 3.8) is 0 Å². The highest BCUT2D eigenvalue weighted by Crippen LogP contribution is 2.39. The molecule has 0 radical (unpaired) electrons. The number of sulfone groups is 1. The number of hydrogen-bond donors (Lipinski definition) is 2. The Morgan fingerprint density at radius 3 is 2.12 bits per heavy atom. The van der Waals surface area contributed by atoms with Crippen LogP contribution in [0.25, 0.3) is 0 Å². The first-order chi connectivity index (χ1) is 11.7. The summed E-state index contributed by atoms with van der Waals surface area (Å²) in [5.74, 6) is -1.02. The highest BCUT2D eigenvalue weighted by molar-refractivity contribution is 7.91. The lowest BCUT2D eigenvalue weighted by molar-refractivity contribution is -0.139. The summed E-state index contributed by atoms with van der Waals surface area (Å²) in [6.45, 7) is 0. The van der Waals surface area contributed by atoms with Crippen molar-refractivity contribution in [3.05, 3.63) is 52.5 Å². The van der Waals surface area contributed by atoms with Crippen molar-refractivity contribution in [2.24, 2.45) is 5.14 Å². The third-order valence-electron chi connectivity index (χ3n) is 3.36. The Hall–Kier alpha value is -1.82. The van der Waals surface area contributed by atoms with E-state index in [0.29, 0.717) is 12.1 Å². The van der Waals surface area contributed by atoms with Crippen LogP contribution in [0.4, 0.5) is 18.9 Å². The normalized spacial score (nSPS) is 13.0. The summed E-state index contributed by atoms with van der Waals surface area (Å²) >= 11 is 5.68. The molecule has 12 heteroatoms. The predicted molar refractivity (Wildman–Crippen MR) is 89.6 cm³/mol. The van der Waals surface area contributed by atoms with Crippen LogP contribution in [0.2, 0.25) is 5.02 Å². The molecule has 0 bridgehead atoms. The van der Waals surface area contributed by atoms with Crippen molar-refractivity contribution in [2.45, 2.75) is 21.7 Å². The summed E-state index contributed by atoms with van der Waals surface area (Å²) in [5, 5.41) is 4.64. The lowest BCUT2D eigenvalue weighted by atomic mass is 10.2. The minimum absolute atomic E-state index is 0.268. The van der Waals surface area contributed by atoms with Crippen molar-refractivity contribution in [3.8, 4) is 0 Å². The maximum atomic E-state index is 13.2. The molecular formula is C14H12ClF3N2O4S2. The number of halogens is 4. The second kappa shape index (κ2) is 6.72. The summed E-state index contributed by atoms with van der Waals surface area (Å²) in [4.78, 5) is -1.60. The van der Waals surface area contributed by atoms with E-state index < -0.39 is 52.8 Å². The van der Waals surface area contributed by atoms with Crippen molar-refractivity contribution in [2.75, 3.05) is 5.73 Å². The third-order valence-corrected chi connectivity index (χ3v) is 6.40. The minimum Gasteiger partial charge on any atom is -0.398 e. The molecule has 0 unspecified atom stereocenters. The average molecular weight is 429 g/mol. The monoisotopic (exact) mass is 428 g/mol. The van der Waals surface area contributed by atoms with Crippen LogP contribution in [0.5, 0.6) is 0 Å². The second-order valence-corrected chi connectivity index (χ2v) is 9.17. The van der Waals surface area contributed by atoms with Gasteiger partial charge in [-0.2, -0.15) is 13.2 Å². The molecule has 0 spiro atoms. The molecule has 0 aliphatic heterocycles. The maximum Gasteiger partial charge on any atom is 0.417 e. The number of nitrogen functional groups attached to an aromatic ring is 1. The van der Waals surface area contributed by atoms with E-state index in [1.165, 1.54) is 12.1 Å². The fraction of sp³-hybridized carbons (Fsp3) is 0.143. The van der Waals surface area contributed by atoms with Crippen molar-refractivity contribution in [1.29, 1.82) is 0 Å². The van der Waals surface area contributed by atoms with E-state index in [1.54, 1.807) is 0 Å². The van der Waals surface area contributed by atoms with E-state index in [4.69, 9.17) is 22.5 Å². The number of nitrogens with two attached hydrogens (primary N) is 2. The van der Waals surface area contributed by atoms with Crippen LogP contribution < -0.4 is 10.9 Å². The Labute approximate surface area is 152 Å². The zero-order chi connectivity index (χ0) is 19.9. The van der Waals surface area contributed by atoms with E-state index in [0.717, 1.165) is 12.1 Å². The van der Waals surface area contributed by atoms with Crippen LogP contribution >= 0.6 is 11.6 Å². The molecule has 0 aromatic heterocycles. The lowest BCUT2D eigenvalue weighted by Gasteiger charge is -2.16. The first kappa shape index (κ1) is 20.5. The molecule has 6 nitrogen and oxygen atoms in total. The first-order valence-electron chi connectivity index (χ1n) is 6.73. The molecule has 142 valence electrons. The van der Waals surface area contributed by atoms with Gasteiger partial charge in [-0.1, -0.05) is 29.8 Å². The Bertz CT molecular complexity index is 1070. The Balaban J connectivity index is 2.66. The number of alkyl halides is 3. The van der Waals surface area contributed by atoms with E-state index in [9.17, 15) is 30.0 Å². The van der Waals surface area contributed by atoms with Gasteiger partial charge in [-0.25, -0.2) is 22.0 Å². The number of rotatable bonds is 4. The number of benzene rings is 2. The van der Waals surface area contributed by atoms with E-state index in [2.05, 4.69) is 0 Å². The van der Waals surface area contributed by atoms with Gasteiger partial charge in [0.25, 0.3) is 0 Å². The van der Waals surface area contributed by atoms with E-state index in [-0.39, 0.29) is 10.6 Å².